The van der Waals surface area contributed by atoms with Gasteiger partial charge in [-0.15, -0.1) is 0 Å². The molecule has 20 heavy (non-hydrogen) atoms. The Labute approximate surface area is 120 Å². The zero-order valence-corrected chi connectivity index (χ0v) is 12.6. The van der Waals surface area contributed by atoms with Crippen molar-refractivity contribution in [2.45, 2.75) is 42.2 Å². The molecule has 4 rings (SSSR count). The molecule has 1 unspecified atom stereocenters. The maximum atomic E-state index is 13.2. The highest BCUT2D eigenvalue weighted by Crippen LogP contribution is 2.76. The summed E-state index contributed by atoms with van der Waals surface area (Å²) in [6.45, 7) is 2.20. The number of hydrogen-bond donors (Lipinski definition) is 0. The van der Waals surface area contributed by atoms with Crippen LogP contribution in [0.3, 0.4) is 0 Å². The fourth-order valence-corrected chi connectivity index (χ4v) is 7.38. The fourth-order valence-electron chi connectivity index (χ4n) is 5.05. The Kier molecular flexibility index (Phi) is 2.37. The number of rotatable bonds is 3. The van der Waals surface area contributed by atoms with Crippen molar-refractivity contribution in [3.05, 3.63) is 42.5 Å². The van der Waals surface area contributed by atoms with Gasteiger partial charge < -0.3 is 0 Å². The number of allylic oxidation sites excluding steroid dienone is 1. The van der Waals surface area contributed by atoms with Gasteiger partial charge in [-0.2, -0.15) is 0 Å². The first-order valence-electron chi connectivity index (χ1n) is 7.58. The molecule has 1 aromatic rings. The van der Waals surface area contributed by atoms with Crippen LogP contribution in [0.1, 0.15) is 32.6 Å². The number of benzene rings is 1. The highest BCUT2D eigenvalue weighted by molar-refractivity contribution is 7.93. The van der Waals surface area contributed by atoms with Gasteiger partial charge >= 0.3 is 0 Å². The van der Waals surface area contributed by atoms with Crippen LogP contribution < -0.4 is 0 Å². The number of hydrogen-bond acceptors (Lipinski definition) is 2. The van der Waals surface area contributed by atoms with Crippen LogP contribution in [0.4, 0.5) is 0 Å². The average Bonchev–Trinajstić information content (AvgIpc) is 2.99. The van der Waals surface area contributed by atoms with Crippen molar-refractivity contribution in [2.75, 3.05) is 0 Å². The van der Waals surface area contributed by atoms with Crippen LogP contribution in [0.15, 0.2) is 47.4 Å². The smallest absolute Gasteiger partial charge is 0.187 e. The molecule has 0 N–H and O–H groups in total. The molecule has 2 nitrogen and oxygen atoms in total. The molecule has 4 atom stereocenters. The predicted octanol–water partition coefficient (Wildman–Crippen LogP) is 3.60. The molecule has 0 heterocycles. The van der Waals surface area contributed by atoms with Gasteiger partial charge in [-0.3, -0.25) is 0 Å². The van der Waals surface area contributed by atoms with Gasteiger partial charge in [-0.05, 0) is 48.6 Å². The second kappa shape index (κ2) is 3.76. The van der Waals surface area contributed by atoms with Crippen LogP contribution in [-0.2, 0) is 9.84 Å². The Morgan fingerprint density at radius 1 is 1.20 bits per heavy atom. The van der Waals surface area contributed by atoms with Crippen molar-refractivity contribution >= 4 is 9.84 Å². The van der Waals surface area contributed by atoms with Crippen LogP contribution in [0.25, 0.3) is 0 Å². The number of fused-ring (bicyclic) bond motifs is 1. The quantitative estimate of drug-likeness (QED) is 0.796. The van der Waals surface area contributed by atoms with Crippen molar-refractivity contribution in [1.82, 2.24) is 0 Å². The van der Waals surface area contributed by atoms with E-state index in [9.17, 15) is 8.42 Å². The van der Waals surface area contributed by atoms with Crippen LogP contribution in [0, 0.1) is 17.3 Å². The molecule has 3 aliphatic rings. The Hall–Kier alpha value is -1.09. The minimum absolute atomic E-state index is 0.193. The Balaban J connectivity index is 1.85. The van der Waals surface area contributed by atoms with Crippen molar-refractivity contribution in [2.24, 2.45) is 17.3 Å². The summed E-state index contributed by atoms with van der Waals surface area (Å²) in [6.07, 6.45) is 8.39. The van der Waals surface area contributed by atoms with Crippen LogP contribution in [0.2, 0.25) is 0 Å². The van der Waals surface area contributed by atoms with Crippen LogP contribution in [0.5, 0.6) is 0 Å². The molecule has 3 heteroatoms. The average molecular weight is 288 g/mol. The monoisotopic (exact) mass is 288 g/mol. The third kappa shape index (κ3) is 1.23. The maximum Gasteiger partial charge on any atom is 0.187 e. The van der Waals surface area contributed by atoms with E-state index in [4.69, 9.17) is 0 Å². The van der Waals surface area contributed by atoms with Gasteiger partial charge in [0.25, 0.3) is 0 Å². The largest absolute Gasteiger partial charge is 0.223 e. The third-order valence-electron chi connectivity index (χ3n) is 6.01. The Morgan fingerprint density at radius 2 is 1.95 bits per heavy atom. The lowest BCUT2D eigenvalue weighted by Gasteiger charge is -2.33. The summed E-state index contributed by atoms with van der Waals surface area (Å²) >= 11 is 0. The SMILES string of the molecule is CC[C@@]12C=C[C@@]3(S(=O)(=O)c4ccccc4)CCC[C@@H]1C23. The standard InChI is InChI=1S/C17H20O2S/c1-2-16-11-12-17(10-6-9-14(16)15(16)17)20(18,19)13-7-4-3-5-8-13/h3-5,7-8,11-12,14-15H,2,6,9-10H2,1H3/t14-,15?,16-,17+/m1/s1. The van der Waals surface area contributed by atoms with E-state index in [0.29, 0.717) is 16.7 Å². The molecule has 0 amide bonds. The summed E-state index contributed by atoms with van der Waals surface area (Å²) in [7, 11) is -3.27. The first-order valence-corrected chi connectivity index (χ1v) is 9.07. The first-order chi connectivity index (χ1) is 9.58. The molecule has 0 saturated heterocycles. The molecule has 0 aromatic heterocycles. The highest BCUT2D eigenvalue weighted by Gasteiger charge is 2.76. The van der Waals surface area contributed by atoms with Gasteiger partial charge in [0.2, 0.25) is 0 Å². The molecule has 106 valence electrons. The predicted molar refractivity (Wildman–Crippen MR) is 79.1 cm³/mol. The topological polar surface area (TPSA) is 34.1 Å². The Morgan fingerprint density at radius 3 is 2.65 bits per heavy atom. The summed E-state index contributed by atoms with van der Waals surface area (Å²) in [4.78, 5) is 0.490. The molecule has 1 aromatic carbocycles. The van der Waals surface area contributed by atoms with Gasteiger partial charge in [0.05, 0.1) is 9.64 Å². The lowest BCUT2D eigenvalue weighted by molar-refractivity contribution is 0.405. The van der Waals surface area contributed by atoms with E-state index in [0.717, 1.165) is 19.3 Å². The van der Waals surface area contributed by atoms with Gasteiger partial charge in [0, 0.05) is 0 Å². The lowest BCUT2D eigenvalue weighted by Crippen LogP contribution is -2.40. The van der Waals surface area contributed by atoms with Gasteiger partial charge in [0.15, 0.2) is 9.84 Å². The minimum atomic E-state index is -3.27. The van der Waals surface area contributed by atoms with Crippen LogP contribution in [-0.4, -0.2) is 13.2 Å². The van der Waals surface area contributed by atoms with Gasteiger partial charge in [-0.1, -0.05) is 43.7 Å². The molecular weight excluding hydrogens is 268 g/mol. The van der Waals surface area contributed by atoms with E-state index in [2.05, 4.69) is 13.0 Å². The van der Waals surface area contributed by atoms with Gasteiger partial charge in [0.1, 0.15) is 0 Å². The second-order valence-corrected chi connectivity index (χ2v) is 8.79. The summed E-state index contributed by atoms with van der Waals surface area (Å²) in [5, 5.41) is 0. The molecule has 0 aliphatic heterocycles. The zero-order chi connectivity index (χ0) is 14.0. The summed E-state index contributed by atoms with van der Waals surface area (Å²) in [5.41, 5.74) is 0.193. The second-order valence-electron chi connectivity index (χ2n) is 6.55. The molecule has 0 bridgehead atoms. The minimum Gasteiger partial charge on any atom is -0.223 e. The molecule has 0 spiro atoms. The van der Waals surface area contributed by atoms with Gasteiger partial charge in [-0.25, -0.2) is 8.42 Å². The molecular formula is C17H20O2S. The zero-order valence-electron chi connectivity index (χ0n) is 11.7. The summed E-state index contributed by atoms with van der Waals surface area (Å²) in [6, 6.07) is 9.01. The maximum absolute atomic E-state index is 13.2. The van der Waals surface area contributed by atoms with E-state index in [1.54, 1.807) is 12.1 Å². The van der Waals surface area contributed by atoms with Crippen molar-refractivity contribution in [3.63, 3.8) is 0 Å². The van der Waals surface area contributed by atoms with E-state index in [-0.39, 0.29) is 5.41 Å². The van der Waals surface area contributed by atoms with Crippen molar-refractivity contribution in [1.29, 1.82) is 0 Å². The van der Waals surface area contributed by atoms with E-state index in [1.165, 1.54) is 6.42 Å². The lowest BCUT2D eigenvalue weighted by atomic mass is 9.88. The first kappa shape index (κ1) is 12.6. The van der Waals surface area contributed by atoms with E-state index < -0.39 is 14.6 Å². The molecule has 3 aliphatic carbocycles. The molecule has 2 saturated carbocycles. The highest BCUT2D eigenvalue weighted by atomic mass is 32.2. The number of sulfone groups is 1. The van der Waals surface area contributed by atoms with Crippen LogP contribution >= 0.6 is 0 Å². The normalized spacial score (nSPS) is 41.5. The van der Waals surface area contributed by atoms with Crippen molar-refractivity contribution in [3.8, 4) is 0 Å². The third-order valence-corrected chi connectivity index (χ3v) is 8.50. The Bertz CT molecular complexity index is 676. The summed E-state index contributed by atoms with van der Waals surface area (Å²) in [5.74, 6) is 0.934. The summed E-state index contributed by atoms with van der Waals surface area (Å²) < 4.78 is 25.8. The fraction of sp³-hybridized carbons (Fsp3) is 0.529. The van der Waals surface area contributed by atoms with Crippen molar-refractivity contribution < 1.29 is 8.42 Å². The molecule has 2 fully saturated rings. The molecule has 0 radical (unpaired) electrons. The van der Waals surface area contributed by atoms with E-state index >= 15 is 0 Å². The van der Waals surface area contributed by atoms with E-state index in [1.807, 2.05) is 24.3 Å².